The summed E-state index contributed by atoms with van der Waals surface area (Å²) >= 11 is 0. The molecule has 9 nitrogen and oxygen atoms in total. The van der Waals surface area contributed by atoms with Crippen LogP contribution in [0.2, 0.25) is 0 Å². The van der Waals surface area contributed by atoms with Crippen molar-refractivity contribution in [2.45, 2.75) is 12.5 Å². The third-order valence-corrected chi connectivity index (χ3v) is 4.96. The normalized spacial score (nSPS) is 15.5. The smallest absolute Gasteiger partial charge is 0.319 e. The Morgan fingerprint density at radius 2 is 1.73 bits per heavy atom. The molecular formula is C21H18N4O5. The van der Waals surface area contributed by atoms with E-state index in [1.807, 2.05) is 30.3 Å². The number of benzene rings is 2. The summed E-state index contributed by atoms with van der Waals surface area (Å²) in [7, 11) is 2.88. The van der Waals surface area contributed by atoms with E-state index >= 15 is 0 Å². The van der Waals surface area contributed by atoms with Crippen LogP contribution in [0.3, 0.4) is 0 Å². The van der Waals surface area contributed by atoms with E-state index in [1.165, 1.54) is 26.4 Å². The molecule has 1 aliphatic rings. The average molecular weight is 406 g/mol. The molecule has 1 amide bonds. The molecule has 0 aliphatic carbocycles. The van der Waals surface area contributed by atoms with Crippen LogP contribution in [0.5, 0.6) is 11.9 Å². The van der Waals surface area contributed by atoms with E-state index < -0.39 is 11.0 Å². The minimum absolute atomic E-state index is 0.0155. The lowest BCUT2D eigenvalue weighted by atomic mass is 9.92. The summed E-state index contributed by atoms with van der Waals surface area (Å²) in [6, 6.07) is 15.1. The number of nitro groups is 1. The average Bonchev–Trinajstić information content (AvgIpc) is 2.78. The first-order valence-corrected chi connectivity index (χ1v) is 9.15. The van der Waals surface area contributed by atoms with Gasteiger partial charge in [0.15, 0.2) is 0 Å². The van der Waals surface area contributed by atoms with Gasteiger partial charge in [0.05, 0.1) is 30.9 Å². The molecule has 1 unspecified atom stereocenters. The largest absolute Gasteiger partial charge is 0.480 e. The fraction of sp³-hybridized carbons (Fsp3) is 0.190. The molecule has 0 saturated heterocycles. The SMILES string of the molecule is COc1nc2c(c(OC)n1)C(=O)N(c1ccccc1)C(c1ccc([N+](=O)[O-])cc1)C2. The van der Waals surface area contributed by atoms with Crippen molar-refractivity contribution in [2.75, 3.05) is 19.1 Å². The topological polar surface area (TPSA) is 108 Å². The molecule has 1 aromatic heterocycles. The van der Waals surface area contributed by atoms with Crippen LogP contribution >= 0.6 is 0 Å². The van der Waals surface area contributed by atoms with Crippen LogP contribution in [0.25, 0.3) is 0 Å². The summed E-state index contributed by atoms with van der Waals surface area (Å²) in [6.45, 7) is 0. The van der Waals surface area contributed by atoms with Gasteiger partial charge in [-0.25, -0.2) is 0 Å². The Balaban J connectivity index is 1.87. The van der Waals surface area contributed by atoms with Crippen LogP contribution in [0, 0.1) is 10.1 Å². The monoisotopic (exact) mass is 406 g/mol. The lowest BCUT2D eigenvalue weighted by Gasteiger charge is -2.36. The van der Waals surface area contributed by atoms with Gasteiger partial charge in [-0.05, 0) is 17.7 Å². The summed E-state index contributed by atoms with van der Waals surface area (Å²) in [4.78, 5) is 34.3. The van der Waals surface area contributed by atoms with Crippen LogP contribution in [0.1, 0.15) is 27.7 Å². The molecule has 0 radical (unpaired) electrons. The van der Waals surface area contributed by atoms with Gasteiger partial charge in [-0.1, -0.05) is 30.3 Å². The Bertz CT molecular complexity index is 1100. The highest BCUT2D eigenvalue weighted by Crippen LogP contribution is 2.39. The van der Waals surface area contributed by atoms with Crippen LogP contribution in [0.15, 0.2) is 54.6 Å². The predicted octanol–water partition coefficient (Wildman–Crippen LogP) is 3.35. The van der Waals surface area contributed by atoms with Gasteiger partial charge in [-0.2, -0.15) is 9.97 Å². The Labute approximate surface area is 172 Å². The van der Waals surface area contributed by atoms with Gasteiger partial charge >= 0.3 is 6.01 Å². The minimum Gasteiger partial charge on any atom is -0.480 e. The van der Waals surface area contributed by atoms with E-state index in [1.54, 1.807) is 17.0 Å². The number of non-ortho nitro benzene ring substituents is 1. The molecule has 2 heterocycles. The second kappa shape index (κ2) is 7.78. The number of nitro benzene ring substituents is 1. The molecule has 0 N–H and O–H groups in total. The molecule has 0 fully saturated rings. The highest BCUT2D eigenvalue weighted by atomic mass is 16.6. The molecule has 0 spiro atoms. The minimum atomic E-state index is -0.455. The molecule has 152 valence electrons. The molecule has 1 atom stereocenters. The maximum atomic E-state index is 13.6. The number of fused-ring (bicyclic) bond motifs is 1. The number of anilines is 1. The van der Waals surface area contributed by atoms with Crippen molar-refractivity contribution in [1.29, 1.82) is 0 Å². The highest BCUT2D eigenvalue weighted by Gasteiger charge is 2.38. The van der Waals surface area contributed by atoms with Crippen molar-refractivity contribution in [3.8, 4) is 11.9 Å². The van der Waals surface area contributed by atoms with Crippen molar-refractivity contribution in [1.82, 2.24) is 9.97 Å². The summed E-state index contributed by atoms with van der Waals surface area (Å²) in [5.74, 6) is -0.171. The Kier molecular flexibility index (Phi) is 5.01. The van der Waals surface area contributed by atoms with Crippen molar-refractivity contribution in [3.05, 3.63) is 81.5 Å². The summed E-state index contributed by atoms with van der Waals surface area (Å²) < 4.78 is 10.5. The Morgan fingerprint density at radius 1 is 1.03 bits per heavy atom. The van der Waals surface area contributed by atoms with Crippen molar-refractivity contribution in [3.63, 3.8) is 0 Å². The molecule has 9 heteroatoms. The maximum absolute atomic E-state index is 13.6. The zero-order valence-corrected chi connectivity index (χ0v) is 16.3. The molecule has 0 bridgehead atoms. The molecular weight excluding hydrogens is 388 g/mol. The fourth-order valence-electron chi connectivity index (χ4n) is 3.57. The third-order valence-electron chi connectivity index (χ3n) is 4.96. The zero-order valence-electron chi connectivity index (χ0n) is 16.3. The first-order chi connectivity index (χ1) is 14.5. The van der Waals surface area contributed by atoms with Crippen LogP contribution in [-0.4, -0.2) is 35.0 Å². The number of amides is 1. The quantitative estimate of drug-likeness (QED) is 0.472. The lowest BCUT2D eigenvalue weighted by molar-refractivity contribution is -0.384. The van der Waals surface area contributed by atoms with Gasteiger partial charge in [0.1, 0.15) is 5.56 Å². The summed E-state index contributed by atoms with van der Waals surface area (Å²) in [5, 5.41) is 11.0. The highest BCUT2D eigenvalue weighted by molar-refractivity contribution is 6.10. The maximum Gasteiger partial charge on any atom is 0.319 e. The number of nitrogens with zero attached hydrogens (tertiary/aromatic N) is 4. The molecule has 30 heavy (non-hydrogen) atoms. The number of aromatic nitrogens is 2. The second-order valence-electron chi connectivity index (χ2n) is 6.62. The zero-order chi connectivity index (χ0) is 21.3. The molecule has 4 rings (SSSR count). The molecule has 2 aromatic carbocycles. The number of carbonyl (C=O) groups is 1. The number of hydrogen-bond acceptors (Lipinski definition) is 7. The van der Waals surface area contributed by atoms with Crippen molar-refractivity contribution in [2.24, 2.45) is 0 Å². The third kappa shape index (κ3) is 3.30. The Hall–Kier alpha value is -4.01. The molecule has 0 saturated carbocycles. The number of ether oxygens (including phenoxy) is 2. The standard InChI is InChI=1S/C21H18N4O5/c1-29-19-18-16(22-21(23-19)30-2)12-17(13-8-10-15(11-9-13)25(27)28)24(20(18)26)14-6-4-3-5-7-14/h3-11,17H,12H2,1-2H3. The first-order valence-electron chi connectivity index (χ1n) is 9.15. The van der Waals surface area contributed by atoms with Crippen LogP contribution in [0.4, 0.5) is 11.4 Å². The van der Waals surface area contributed by atoms with Gasteiger partial charge < -0.3 is 14.4 Å². The van der Waals surface area contributed by atoms with Gasteiger partial charge in [-0.3, -0.25) is 14.9 Å². The van der Waals surface area contributed by atoms with Gasteiger partial charge in [-0.15, -0.1) is 0 Å². The van der Waals surface area contributed by atoms with E-state index in [0.717, 1.165) is 5.56 Å². The van der Waals surface area contributed by atoms with E-state index in [2.05, 4.69) is 9.97 Å². The van der Waals surface area contributed by atoms with Gasteiger partial charge in [0.2, 0.25) is 5.88 Å². The Morgan fingerprint density at radius 3 is 2.33 bits per heavy atom. The number of hydrogen-bond donors (Lipinski definition) is 0. The number of carbonyl (C=O) groups excluding carboxylic acids is 1. The second-order valence-corrected chi connectivity index (χ2v) is 6.62. The van der Waals surface area contributed by atoms with Crippen molar-refractivity contribution < 1.29 is 19.2 Å². The van der Waals surface area contributed by atoms with Gasteiger partial charge in [0.25, 0.3) is 11.6 Å². The summed E-state index contributed by atoms with van der Waals surface area (Å²) in [6.07, 6.45) is 0.364. The predicted molar refractivity (Wildman–Crippen MR) is 108 cm³/mol. The van der Waals surface area contributed by atoms with E-state index in [0.29, 0.717) is 17.8 Å². The van der Waals surface area contributed by atoms with E-state index in [-0.39, 0.29) is 29.0 Å². The number of rotatable bonds is 5. The van der Waals surface area contributed by atoms with E-state index in [9.17, 15) is 14.9 Å². The van der Waals surface area contributed by atoms with Gasteiger partial charge in [0, 0.05) is 24.2 Å². The summed E-state index contributed by atoms with van der Waals surface area (Å²) in [5.41, 5.74) is 2.20. The van der Waals surface area contributed by atoms with E-state index in [4.69, 9.17) is 9.47 Å². The van der Waals surface area contributed by atoms with Crippen LogP contribution < -0.4 is 14.4 Å². The number of para-hydroxylation sites is 1. The lowest BCUT2D eigenvalue weighted by Crippen LogP contribution is -2.41. The molecule has 1 aliphatic heterocycles. The van der Waals surface area contributed by atoms with Crippen LogP contribution in [-0.2, 0) is 6.42 Å². The fourth-order valence-corrected chi connectivity index (χ4v) is 3.57. The van der Waals surface area contributed by atoms with Crippen molar-refractivity contribution >= 4 is 17.3 Å². The molecule has 3 aromatic rings. The first kappa shape index (κ1) is 19.3. The number of methoxy groups -OCH3 is 2.